The van der Waals surface area contributed by atoms with Crippen LogP contribution in [0.1, 0.15) is 37.0 Å². The molecule has 20 heavy (non-hydrogen) atoms. The lowest BCUT2D eigenvalue weighted by Crippen LogP contribution is -2.18. The van der Waals surface area contributed by atoms with E-state index < -0.39 is 4.92 Å². The first-order valence-electron chi connectivity index (χ1n) is 6.55. The summed E-state index contributed by atoms with van der Waals surface area (Å²) in [6.07, 6.45) is 2.16. The molecule has 1 aliphatic rings. The monoisotopic (exact) mass is 279 g/mol. The maximum absolute atomic E-state index is 11.6. The predicted molar refractivity (Wildman–Crippen MR) is 72.2 cm³/mol. The van der Waals surface area contributed by atoms with Gasteiger partial charge in [0.25, 0.3) is 5.69 Å². The highest BCUT2D eigenvalue weighted by molar-refractivity contribution is 5.97. The van der Waals surface area contributed by atoms with Crippen LogP contribution in [0.15, 0.2) is 18.2 Å². The Morgan fingerprint density at radius 3 is 2.80 bits per heavy atom. The van der Waals surface area contributed by atoms with Crippen molar-refractivity contribution in [2.75, 3.05) is 6.61 Å². The molecule has 1 saturated heterocycles. The van der Waals surface area contributed by atoms with Gasteiger partial charge >= 0.3 is 0 Å². The van der Waals surface area contributed by atoms with Crippen molar-refractivity contribution in [3.05, 3.63) is 33.9 Å². The van der Waals surface area contributed by atoms with Crippen LogP contribution < -0.4 is 4.74 Å². The van der Waals surface area contributed by atoms with Crippen molar-refractivity contribution in [1.82, 2.24) is 0 Å². The number of rotatable bonds is 5. The summed E-state index contributed by atoms with van der Waals surface area (Å²) in [5.74, 6) is 0.107. The van der Waals surface area contributed by atoms with Gasteiger partial charge in [0.2, 0.25) is 0 Å². The molecule has 2 atom stereocenters. The number of nitrogens with zero attached hydrogens (tertiary/aromatic N) is 1. The van der Waals surface area contributed by atoms with E-state index in [0.29, 0.717) is 12.4 Å². The molecule has 6 nitrogen and oxygen atoms in total. The fraction of sp³-hybridized carbons (Fsp3) is 0.500. The van der Waals surface area contributed by atoms with Gasteiger partial charge < -0.3 is 9.47 Å². The molecule has 0 bridgehead atoms. The zero-order valence-electron chi connectivity index (χ0n) is 11.5. The van der Waals surface area contributed by atoms with E-state index in [2.05, 4.69) is 0 Å². The van der Waals surface area contributed by atoms with Crippen molar-refractivity contribution in [3.63, 3.8) is 0 Å². The minimum Gasteiger partial charge on any atom is -0.490 e. The van der Waals surface area contributed by atoms with E-state index in [4.69, 9.17) is 9.47 Å². The number of carbonyl (C=O) groups excluding carboxylic acids is 1. The topological polar surface area (TPSA) is 78.7 Å². The molecule has 2 unspecified atom stereocenters. The average molecular weight is 279 g/mol. The van der Waals surface area contributed by atoms with Crippen LogP contribution in [0.3, 0.4) is 0 Å². The van der Waals surface area contributed by atoms with Crippen molar-refractivity contribution < 1.29 is 19.2 Å². The molecule has 0 aliphatic carbocycles. The van der Waals surface area contributed by atoms with Crippen molar-refractivity contribution in [1.29, 1.82) is 0 Å². The van der Waals surface area contributed by atoms with Gasteiger partial charge in [0, 0.05) is 12.1 Å². The Morgan fingerprint density at radius 1 is 1.50 bits per heavy atom. The molecule has 2 rings (SSSR count). The second kappa shape index (κ2) is 6.00. The highest BCUT2D eigenvalue weighted by Gasteiger charge is 2.23. The smallest absolute Gasteiger partial charge is 0.270 e. The van der Waals surface area contributed by atoms with Gasteiger partial charge in [0.15, 0.2) is 5.78 Å². The molecule has 0 radical (unpaired) electrons. The van der Waals surface area contributed by atoms with E-state index in [-0.39, 0.29) is 29.2 Å². The molecular weight excluding hydrogens is 262 g/mol. The molecule has 1 aromatic rings. The molecule has 0 aromatic heterocycles. The summed E-state index contributed by atoms with van der Waals surface area (Å²) < 4.78 is 11.2. The van der Waals surface area contributed by atoms with Gasteiger partial charge in [-0.15, -0.1) is 0 Å². The molecule has 1 aliphatic heterocycles. The Hall–Kier alpha value is -1.95. The largest absolute Gasteiger partial charge is 0.490 e. The lowest BCUT2D eigenvalue weighted by molar-refractivity contribution is -0.384. The lowest BCUT2D eigenvalue weighted by Gasteiger charge is -2.14. The predicted octanol–water partition coefficient (Wildman–Crippen LogP) is 2.74. The summed E-state index contributed by atoms with van der Waals surface area (Å²) in [4.78, 5) is 21.7. The van der Waals surface area contributed by atoms with Crippen molar-refractivity contribution in [2.45, 2.75) is 38.9 Å². The highest BCUT2D eigenvalue weighted by atomic mass is 16.6. The highest BCUT2D eigenvalue weighted by Crippen LogP contribution is 2.26. The zero-order chi connectivity index (χ0) is 14.7. The summed E-state index contributed by atoms with van der Waals surface area (Å²) in [5.41, 5.74) is 0.110. The third-order valence-corrected chi connectivity index (χ3v) is 3.30. The minimum absolute atomic E-state index is 0.0139. The fourth-order valence-corrected chi connectivity index (χ4v) is 2.22. The number of Topliss-reactive ketones (excluding diaryl/α,β-unsaturated/α-hetero) is 1. The van der Waals surface area contributed by atoms with Crippen molar-refractivity contribution >= 4 is 11.5 Å². The van der Waals surface area contributed by atoms with Gasteiger partial charge in [-0.1, -0.05) is 0 Å². The average Bonchev–Trinajstić information content (AvgIpc) is 2.81. The second-order valence-corrected chi connectivity index (χ2v) is 4.95. The number of ketones is 1. The van der Waals surface area contributed by atoms with Crippen LogP contribution in [0.25, 0.3) is 0 Å². The van der Waals surface area contributed by atoms with Crippen LogP contribution in [-0.4, -0.2) is 29.5 Å². The minimum atomic E-state index is -0.530. The number of carbonyl (C=O) groups is 1. The molecular formula is C14H17NO5. The fourth-order valence-electron chi connectivity index (χ4n) is 2.22. The maximum Gasteiger partial charge on any atom is 0.270 e. The molecule has 0 saturated carbocycles. The molecule has 0 N–H and O–H groups in total. The van der Waals surface area contributed by atoms with Crippen molar-refractivity contribution in [2.24, 2.45) is 0 Å². The number of hydrogen-bond acceptors (Lipinski definition) is 5. The third kappa shape index (κ3) is 3.33. The quantitative estimate of drug-likeness (QED) is 0.470. The summed E-state index contributed by atoms with van der Waals surface area (Å²) in [7, 11) is 0. The van der Waals surface area contributed by atoms with Crippen LogP contribution in [-0.2, 0) is 4.74 Å². The Bertz CT molecular complexity index is 528. The van der Waals surface area contributed by atoms with Gasteiger partial charge in [-0.3, -0.25) is 14.9 Å². The lowest BCUT2D eigenvalue weighted by atomic mass is 10.1. The molecule has 1 aromatic carbocycles. The number of nitro benzene ring substituents is 1. The number of benzene rings is 1. The van der Waals surface area contributed by atoms with Crippen LogP contribution >= 0.6 is 0 Å². The summed E-state index contributed by atoms with van der Waals surface area (Å²) >= 11 is 0. The van der Waals surface area contributed by atoms with E-state index in [1.54, 1.807) is 0 Å². The van der Waals surface area contributed by atoms with Crippen LogP contribution in [0.5, 0.6) is 5.75 Å². The van der Waals surface area contributed by atoms with Crippen LogP contribution in [0.4, 0.5) is 5.69 Å². The van der Waals surface area contributed by atoms with E-state index in [1.807, 2.05) is 6.92 Å². The van der Waals surface area contributed by atoms with Gasteiger partial charge in [-0.2, -0.15) is 0 Å². The molecule has 0 amide bonds. The number of hydrogen-bond donors (Lipinski definition) is 0. The number of nitro groups is 1. The summed E-state index contributed by atoms with van der Waals surface area (Å²) in [5, 5.41) is 10.7. The molecule has 1 fully saturated rings. The summed E-state index contributed by atoms with van der Waals surface area (Å²) in [6, 6.07) is 4.04. The van der Waals surface area contributed by atoms with Crippen LogP contribution in [0, 0.1) is 10.1 Å². The van der Waals surface area contributed by atoms with Gasteiger partial charge in [-0.05, 0) is 32.8 Å². The molecule has 0 spiro atoms. The Labute approximate surface area is 116 Å². The van der Waals surface area contributed by atoms with Gasteiger partial charge in [0.05, 0.1) is 22.7 Å². The molecule has 6 heteroatoms. The Kier molecular flexibility index (Phi) is 4.34. The second-order valence-electron chi connectivity index (χ2n) is 4.95. The summed E-state index contributed by atoms with van der Waals surface area (Å²) in [6.45, 7) is 3.72. The van der Waals surface area contributed by atoms with Gasteiger partial charge in [0.1, 0.15) is 12.4 Å². The first kappa shape index (κ1) is 14.5. The Balaban J connectivity index is 2.10. The van der Waals surface area contributed by atoms with E-state index >= 15 is 0 Å². The zero-order valence-corrected chi connectivity index (χ0v) is 11.5. The van der Waals surface area contributed by atoms with E-state index in [1.165, 1.54) is 25.1 Å². The first-order valence-corrected chi connectivity index (χ1v) is 6.55. The standard InChI is InChI=1S/C14H17NO5/c1-9-3-5-12(20-9)8-19-14-6-4-11(15(17)18)7-13(14)10(2)16/h4,6-7,9,12H,3,5,8H2,1-2H3. The Morgan fingerprint density at radius 2 is 2.25 bits per heavy atom. The van der Waals surface area contributed by atoms with E-state index in [0.717, 1.165) is 12.8 Å². The number of ether oxygens (including phenoxy) is 2. The molecule has 108 valence electrons. The SMILES string of the molecule is CC(=O)c1cc([N+](=O)[O-])ccc1OCC1CCC(C)O1. The van der Waals surface area contributed by atoms with E-state index in [9.17, 15) is 14.9 Å². The van der Waals surface area contributed by atoms with Crippen molar-refractivity contribution in [3.8, 4) is 5.75 Å². The number of non-ortho nitro benzene ring substituents is 1. The first-order chi connectivity index (χ1) is 9.47. The van der Waals surface area contributed by atoms with Gasteiger partial charge in [-0.25, -0.2) is 0 Å². The normalized spacial score (nSPS) is 21.7. The maximum atomic E-state index is 11.6. The van der Waals surface area contributed by atoms with Crippen LogP contribution in [0.2, 0.25) is 0 Å². The molecule has 1 heterocycles. The third-order valence-electron chi connectivity index (χ3n) is 3.30.